The van der Waals surface area contributed by atoms with Crippen molar-refractivity contribution >= 4 is 5.91 Å². The van der Waals surface area contributed by atoms with Crippen molar-refractivity contribution in [2.75, 3.05) is 13.2 Å². The molecule has 1 aromatic heterocycles. The second kappa shape index (κ2) is 11.7. The molecule has 3 aromatic rings. The van der Waals surface area contributed by atoms with Gasteiger partial charge < -0.3 is 14.2 Å². The number of carbonyl (C=O) groups is 1. The van der Waals surface area contributed by atoms with Crippen molar-refractivity contribution in [2.24, 2.45) is 0 Å². The zero-order chi connectivity index (χ0) is 23.7. The summed E-state index contributed by atoms with van der Waals surface area (Å²) < 4.78 is 46.7. The van der Waals surface area contributed by atoms with Crippen LogP contribution in [-0.2, 0) is 35.4 Å². The Morgan fingerprint density at radius 3 is 2.48 bits per heavy atom. The van der Waals surface area contributed by atoms with Gasteiger partial charge in [0.15, 0.2) is 0 Å². The van der Waals surface area contributed by atoms with E-state index < -0.39 is 11.7 Å². The van der Waals surface area contributed by atoms with Gasteiger partial charge in [-0.2, -0.15) is 13.2 Å². The molecule has 0 aliphatic heterocycles. The van der Waals surface area contributed by atoms with Crippen molar-refractivity contribution < 1.29 is 22.7 Å². The van der Waals surface area contributed by atoms with Crippen LogP contribution < -0.4 is 0 Å². The number of carbonyl (C=O) groups excluding carboxylic acids is 1. The number of nitrogens with zero attached hydrogens (tertiary/aromatic N) is 2. The molecule has 0 aliphatic carbocycles. The number of ether oxygens (including phenoxy) is 1. The van der Waals surface area contributed by atoms with Gasteiger partial charge in [0.2, 0.25) is 5.91 Å². The summed E-state index contributed by atoms with van der Waals surface area (Å²) in [5.41, 5.74) is 1.75. The molecule has 0 aliphatic rings. The highest BCUT2D eigenvalue weighted by molar-refractivity contribution is 5.77. The number of unbranched alkanes of at least 4 members (excludes halogenated alkanes) is 1. The Hall–Kier alpha value is -3.06. The van der Waals surface area contributed by atoms with Gasteiger partial charge in [-0.15, -0.1) is 0 Å². The topological polar surface area (TPSA) is 34.5 Å². The molecular formula is C26H29F3N2O2. The maximum absolute atomic E-state index is 13.1. The standard InChI is InChI=1S/C26H29F3N2O2/c1-2-3-14-31(25(32)20-33-19-21-9-5-4-6-10-21)18-24-13-8-15-30(24)17-22-11-7-12-23(16-22)26(27,28)29/h4-13,15-16H,2-3,14,17-20H2,1H3. The van der Waals surface area contributed by atoms with Crippen LogP contribution in [-0.4, -0.2) is 28.5 Å². The predicted octanol–water partition coefficient (Wildman–Crippen LogP) is 5.90. The van der Waals surface area contributed by atoms with Gasteiger partial charge in [0, 0.05) is 25.0 Å². The lowest BCUT2D eigenvalue weighted by Gasteiger charge is -2.24. The normalized spacial score (nSPS) is 11.5. The molecule has 1 heterocycles. The van der Waals surface area contributed by atoms with Crippen molar-refractivity contribution in [3.05, 3.63) is 95.3 Å². The molecule has 176 valence electrons. The zero-order valence-electron chi connectivity index (χ0n) is 18.7. The van der Waals surface area contributed by atoms with Crippen LogP contribution in [0.1, 0.15) is 42.1 Å². The van der Waals surface area contributed by atoms with E-state index in [1.54, 1.807) is 11.0 Å². The molecule has 7 heteroatoms. The van der Waals surface area contributed by atoms with Gasteiger partial charge in [-0.25, -0.2) is 0 Å². The average Bonchev–Trinajstić information content (AvgIpc) is 3.23. The fourth-order valence-corrected chi connectivity index (χ4v) is 3.55. The molecule has 2 aromatic carbocycles. The number of benzene rings is 2. The molecule has 0 fully saturated rings. The van der Waals surface area contributed by atoms with Gasteiger partial charge in [0.05, 0.1) is 18.7 Å². The summed E-state index contributed by atoms with van der Waals surface area (Å²) in [6.07, 6.45) is -0.749. The van der Waals surface area contributed by atoms with Crippen LogP contribution in [0.2, 0.25) is 0 Å². The number of alkyl halides is 3. The van der Waals surface area contributed by atoms with Crippen LogP contribution in [0.4, 0.5) is 13.2 Å². The third-order valence-corrected chi connectivity index (χ3v) is 5.36. The van der Waals surface area contributed by atoms with Gasteiger partial charge in [-0.05, 0) is 41.8 Å². The van der Waals surface area contributed by atoms with Gasteiger partial charge in [-0.3, -0.25) is 4.79 Å². The van der Waals surface area contributed by atoms with Crippen LogP contribution in [0, 0.1) is 0 Å². The molecule has 0 unspecified atom stereocenters. The van der Waals surface area contributed by atoms with E-state index in [1.165, 1.54) is 12.1 Å². The first-order chi connectivity index (χ1) is 15.9. The Morgan fingerprint density at radius 1 is 1.00 bits per heavy atom. The molecule has 33 heavy (non-hydrogen) atoms. The van der Waals surface area contributed by atoms with Gasteiger partial charge >= 0.3 is 6.18 Å². The van der Waals surface area contributed by atoms with E-state index in [-0.39, 0.29) is 12.5 Å². The summed E-state index contributed by atoms with van der Waals surface area (Å²) >= 11 is 0. The first-order valence-electron chi connectivity index (χ1n) is 11.1. The van der Waals surface area contributed by atoms with E-state index in [0.29, 0.717) is 31.8 Å². The average molecular weight is 459 g/mol. The highest BCUT2D eigenvalue weighted by Crippen LogP contribution is 2.29. The molecule has 0 saturated heterocycles. The Labute approximate surface area is 192 Å². The van der Waals surface area contributed by atoms with E-state index in [0.717, 1.165) is 30.2 Å². The van der Waals surface area contributed by atoms with Crippen LogP contribution in [0.3, 0.4) is 0 Å². The van der Waals surface area contributed by atoms with E-state index in [1.807, 2.05) is 53.2 Å². The minimum atomic E-state index is -4.38. The number of amides is 1. The largest absolute Gasteiger partial charge is 0.416 e. The summed E-state index contributed by atoms with van der Waals surface area (Å²) in [5.74, 6) is -0.105. The third-order valence-electron chi connectivity index (χ3n) is 5.36. The molecule has 0 saturated carbocycles. The second-order valence-electron chi connectivity index (χ2n) is 7.97. The first kappa shape index (κ1) is 24.6. The highest BCUT2D eigenvalue weighted by atomic mass is 19.4. The molecule has 3 rings (SSSR count). The quantitative estimate of drug-likeness (QED) is 0.359. The number of aromatic nitrogens is 1. The molecule has 0 bridgehead atoms. The van der Waals surface area contributed by atoms with Crippen LogP contribution in [0.5, 0.6) is 0 Å². The fourth-order valence-electron chi connectivity index (χ4n) is 3.55. The maximum atomic E-state index is 13.1. The minimum Gasteiger partial charge on any atom is -0.367 e. The molecular weight excluding hydrogens is 429 g/mol. The first-order valence-corrected chi connectivity index (χ1v) is 11.1. The Bertz CT molecular complexity index is 1020. The summed E-state index contributed by atoms with van der Waals surface area (Å²) in [6.45, 7) is 3.67. The summed E-state index contributed by atoms with van der Waals surface area (Å²) in [7, 11) is 0. The lowest BCUT2D eigenvalue weighted by Crippen LogP contribution is -2.35. The van der Waals surface area contributed by atoms with Crippen molar-refractivity contribution in [3.8, 4) is 0 Å². The van der Waals surface area contributed by atoms with Crippen molar-refractivity contribution in [1.29, 1.82) is 0 Å². The lowest BCUT2D eigenvalue weighted by atomic mass is 10.1. The van der Waals surface area contributed by atoms with Gasteiger partial charge in [-0.1, -0.05) is 55.8 Å². The Kier molecular flexibility index (Phi) is 8.72. The maximum Gasteiger partial charge on any atom is 0.416 e. The monoisotopic (exact) mass is 458 g/mol. The summed E-state index contributed by atoms with van der Waals surface area (Å²) in [5, 5.41) is 0. The fraction of sp³-hybridized carbons (Fsp3) is 0.346. The van der Waals surface area contributed by atoms with Crippen LogP contribution >= 0.6 is 0 Å². The number of hydrogen-bond donors (Lipinski definition) is 0. The van der Waals surface area contributed by atoms with E-state index in [9.17, 15) is 18.0 Å². The molecule has 0 radical (unpaired) electrons. The second-order valence-corrected chi connectivity index (χ2v) is 7.97. The van der Waals surface area contributed by atoms with E-state index >= 15 is 0 Å². The van der Waals surface area contributed by atoms with Crippen molar-refractivity contribution in [3.63, 3.8) is 0 Å². The SMILES string of the molecule is CCCCN(Cc1cccn1Cc1cccc(C(F)(F)F)c1)C(=O)COCc1ccccc1. The van der Waals surface area contributed by atoms with Crippen LogP contribution in [0.25, 0.3) is 0 Å². The molecule has 0 N–H and O–H groups in total. The molecule has 1 amide bonds. The Morgan fingerprint density at radius 2 is 1.76 bits per heavy atom. The van der Waals surface area contributed by atoms with Crippen molar-refractivity contribution in [1.82, 2.24) is 9.47 Å². The minimum absolute atomic E-state index is 0.0209. The summed E-state index contributed by atoms with van der Waals surface area (Å²) in [4.78, 5) is 14.6. The van der Waals surface area contributed by atoms with E-state index in [4.69, 9.17) is 4.74 Å². The van der Waals surface area contributed by atoms with Gasteiger partial charge in [0.25, 0.3) is 0 Å². The highest BCUT2D eigenvalue weighted by Gasteiger charge is 2.30. The van der Waals surface area contributed by atoms with E-state index in [2.05, 4.69) is 6.92 Å². The predicted molar refractivity (Wildman–Crippen MR) is 121 cm³/mol. The number of rotatable bonds is 11. The summed E-state index contributed by atoms with van der Waals surface area (Å²) in [6, 6.07) is 18.7. The van der Waals surface area contributed by atoms with Gasteiger partial charge in [0.1, 0.15) is 6.61 Å². The zero-order valence-corrected chi connectivity index (χ0v) is 18.7. The molecule has 0 spiro atoms. The lowest BCUT2D eigenvalue weighted by molar-refractivity contribution is -0.138. The van der Waals surface area contributed by atoms with Crippen molar-refractivity contribution in [2.45, 2.75) is 45.6 Å². The molecule has 0 atom stereocenters. The number of hydrogen-bond acceptors (Lipinski definition) is 2. The Balaban J connectivity index is 1.65. The number of halogens is 3. The third kappa shape index (κ3) is 7.49. The van der Waals surface area contributed by atoms with Crippen LogP contribution in [0.15, 0.2) is 72.9 Å². The molecule has 4 nitrogen and oxygen atoms in total. The smallest absolute Gasteiger partial charge is 0.367 e.